The highest BCUT2D eigenvalue weighted by atomic mass is 16.6. The molecular weight excluding hydrogens is 312 g/mol. The summed E-state index contributed by atoms with van der Waals surface area (Å²) in [6.07, 6.45) is 7.32. The maximum Gasteiger partial charge on any atom is 0.329 e. The number of carbonyl (C=O) groups is 2. The summed E-state index contributed by atoms with van der Waals surface area (Å²) in [6, 6.07) is 5.23. The van der Waals surface area contributed by atoms with Crippen LogP contribution in [0.25, 0.3) is 0 Å². The summed E-state index contributed by atoms with van der Waals surface area (Å²) in [5, 5.41) is 17.0. The van der Waals surface area contributed by atoms with Crippen molar-refractivity contribution in [2.45, 2.75) is 44.9 Å². The Morgan fingerprint density at radius 2 is 1.54 bits per heavy atom. The van der Waals surface area contributed by atoms with Gasteiger partial charge in [-0.25, -0.2) is 5.43 Å². The van der Waals surface area contributed by atoms with Gasteiger partial charge >= 0.3 is 11.8 Å². The van der Waals surface area contributed by atoms with Crippen LogP contribution in [0, 0.1) is 10.1 Å². The molecule has 0 aromatic heterocycles. The molecule has 1 fully saturated rings. The Hall–Kier alpha value is -2.77. The number of nitrogens with one attached hydrogen (secondary N) is 2. The highest BCUT2D eigenvalue weighted by molar-refractivity contribution is 6.39. The van der Waals surface area contributed by atoms with Gasteiger partial charge in [-0.05, 0) is 37.8 Å². The van der Waals surface area contributed by atoms with E-state index >= 15 is 0 Å². The fourth-order valence-electron chi connectivity index (χ4n) is 2.46. The van der Waals surface area contributed by atoms with E-state index in [1.165, 1.54) is 30.7 Å². The average molecular weight is 332 g/mol. The molecule has 0 spiro atoms. The Morgan fingerprint density at radius 3 is 2.12 bits per heavy atom. The normalized spacial score (nSPS) is 14.9. The Labute approximate surface area is 139 Å². The number of anilines is 1. The van der Waals surface area contributed by atoms with Crippen LogP contribution in [0.15, 0.2) is 29.4 Å². The maximum absolute atomic E-state index is 11.8. The van der Waals surface area contributed by atoms with E-state index in [1.54, 1.807) is 0 Å². The van der Waals surface area contributed by atoms with Gasteiger partial charge in [0, 0.05) is 23.5 Å². The van der Waals surface area contributed by atoms with Crippen LogP contribution < -0.4 is 10.7 Å². The molecule has 0 atom stereocenters. The standard InChI is InChI=1S/C16H20N4O4/c21-15(17-12-8-10-14(11-9-12)20(23)24)16(22)19-18-13-6-4-2-1-3-5-7-13/h8-11H,1-7H2,(H,17,21)(H,19,22). The molecular formula is C16H20N4O4. The lowest BCUT2D eigenvalue weighted by Crippen LogP contribution is -2.33. The quantitative estimate of drug-likeness (QED) is 0.503. The first kappa shape index (κ1) is 17.6. The molecule has 1 aliphatic carbocycles. The molecule has 2 amide bonds. The molecule has 0 aliphatic heterocycles. The smallest absolute Gasteiger partial charge is 0.318 e. The monoisotopic (exact) mass is 332 g/mol. The summed E-state index contributed by atoms with van der Waals surface area (Å²) in [5.41, 5.74) is 3.40. The topological polar surface area (TPSA) is 114 Å². The Kier molecular flexibility index (Phi) is 6.41. The first-order chi connectivity index (χ1) is 11.6. The van der Waals surface area contributed by atoms with E-state index in [0.29, 0.717) is 5.69 Å². The summed E-state index contributed by atoms with van der Waals surface area (Å²) >= 11 is 0. The highest BCUT2D eigenvalue weighted by Crippen LogP contribution is 2.16. The lowest BCUT2D eigenvalue weighted by atomic mass is 9.99. The van der Waals surface area contributed by atoms with Gasteiger partial charge in [-0.3, -0.25) is 19.7 Å². The fourth-order valence-corrected chi connectivity index (χ4v) is 2.46. The van der Waals surface area contributed by atoms with Gasteiger partial charge in [0.2, 0.25) is 0 Å². The van der Waals surface area contributed by atoms with Gasteiger partial charge in [-0.15, -0.1) is 0 Å². The predicted octanol–water partition coefficient (Wildman–Crippen LogP) is 2.75. The molecule has 0 heterocycles. The van der Waals surface area contributed by atoms with Crippen molar-refractivity contribution < 1.29 is 14.5 Å². The molecule has 2 N–H and O–H groups in total. The SMILES string of the molecule is O=C(NN=C1CCCCCCC1)C(=O)Nc1ccc([N+](=O)[O-])cc1. The molecule has 2 rings (SSSR count). The Bertz CT molecular complexity index is 630. The number of rotatable bonds is 3. The first-order valence-electron chi connectivity index (χ1n) is 7.97. The maximum atomic E-state index is 11.8. The molecule has 128 valence electrons. The fraction of sp³-hybridized carbons (Fsp3) is 0.438. The third-order valence-electron chi connectivity index (χ3n) is 3.79. The van der Waals surface area contributed by atoms with Crippen LogP contribution in [0.1, 0.15) is 44.9 Å². The minimum atomic E-state index is -0.862. The number of hydrazone groups is 1. The second kappa shape index (κ2) is 8.76. The minimum Gasteiger partial charge on any atom is -0.318 e. The minimum absolute atomic E-state index is 0.0897. The van der Waals surface area contributed by atoms with Crippen LogP contribution >= 0.6 is 0 Å². The van der Waals surface area contributed by atoms with Crippen molar-refractivity contribution in [2.24, 2.45) is 5.10 Å². The van der Waals surface area contributed by atoms with E-state index in [9.17, 15) is 19.7 Å². The zero-order valence-corrected chi connectivity index (χ0v) is 13.3. The van der Waals surface area contributed by atoms with Gasteiger partial charge in [-0.2, -0.15) is 5.10 Å². The zero-order chi connectivity index (χ0) is 17.4. The average Bonchev–Trinajstić information content (AvgIpc) is 2.54. The summed E-state index contributed by atoms with van der Waals surface area (Å²) in [4.78, 5) is 33.6. The second-order valence-corrected chi connectivity index (χ2v) is 5.64. The van der Waals surface area contributed by atoms with Gasteiger partial charge in [0.05, 0.1) is 4.92 Å². The lowest BCUT2D eigenvalue weighted by Gasteiger charge is -2.11. The van der Waals surface area contributed by atoms with Crippen LogP contribution in [0.4, 0.5) is 11.4 Å². The van der Waals surface area contributed by atoms with Crippen molar-refractivity contribution in [3.05, 3.63) is 34.4 Å². The van der Waals surface area contributed by atoms with Gasteiger partial charge in [-0.1, -0.05) is 19.3 Å². The van der Waals surface area contributed by atoms with E-state index in [4.69, 9.17) is 0 Å². The van der Waals surface area contributed by atoms with Crippen LogP contribution in [0.3, 0.4) is 0 Å². The predicted molar refractivity (Wildman–Crippen MR) is 89.6 cm³/mol. The number of amides is 2. The van der Waals surface area contributed by atoms with Crippen molar-refractivity contribution in [1.29, 1.82) is 0 Å². The molecule has 1 aromatic carbocycles. The molecule has 0 saturated heterocycles. The second-order valence-electron chi connectivity index (χ2n) is 5.64. The molecule has 24 heavy (non-hydrogen) atoms. The third-order valence-corrected chi connectivity index (χ3v) is 3.79. The molecule has 1 aromatic rings. The molecule has 0 bridgehead atoms. The van der Waals surface area contributed by atoms with E-state index in [0.717, 1.165) is 44.2 Å². The Morgan fingerprint density at radius 1 is 0.958 bits per heavy atom. The number of non-ortho nitro benzene ring substituents is 1. The Balaban J connectivity index is 1.87. The van der Waals surface area contributed by atoms with Crippen LogP contribution in [0.2, 0.25) is 0 Å². The summed E-state index contributed by atoms with van der Waals surface area (Å²) < 4.78 is 0. The van der Waals surface area contributed by atoms with E-state index in [-0.39, 0.29) is 5.69 Å². The first-order valence-corrected chi connectivity index (χ1v) is 7.97. The van der Waals surface area contributed by atoms with E-state index in [1.807, 2.05) is 0 Å². The number of benzene rings is 1. The van der Waals surface area contributed by atoms with Crippen molar-refractivity contribution >= 4 is 28.9 Å². The summed E-state index contributed by atoms with van der Waals surface area (Å²) in [7, 11) is 0. The van der Waals surface area contributed by atoms with Crippen molar-refractivity contribution in [3.63, 3.8) is 0 Å². The summed E-state index contributed by atoms with van der Waals surface area (Å²) in [5.74, 6) is -1.72. The molecule has 8 nitrogen and oxygen atoms in total. The number of nitrogens with zero attached hydrogens (tertiary/aromatic N) is 2. The zero-order valence-electron chi connectivity index (χ0n) is 13.3. The van der Waals surface area contributed by atoms with Crippen molar-refractivity contribution in [3.8, 4) is 0 Å². The number of hydrogen-bond acceptors (Lipinski definition) is 5. The highest BCUT2D eigenvalue weighted by Gasteiger charge is 2.14. The number of carbonyl (C=O) groups excluding carboxylic acids is 2. The van der Waals surface area contributed by atoms with Gasteiger partial charge in [0.1, 0.15) is 0 Å². The molecule has 1 saturated carbocycles. The molecule has 8 heteroatoms. The largest absolute Gasteiger partial charge is 0.329 e. The number of nitro benzene ring substituents is 1. The van der Waals surface area contributed by atoms with Crippen molar-refractivity contribution in [1.82, 2.24) is 5.43 Å². The van der Waals surface area contributed by atoms with E-state index in [2.05, 4.69) is 15.8 Å². The third kappa shape index (κ3) is 5.45. The van der Waals surface area contributed by atoms with Crippen LogP contribution in [-0.2, 0) is 9.59 Å². The van der Waals surface area contributed by atoms with Crippen molar-refractivity contribution in [2.75, 3.05) is 5.32 Å². The molecule has 1 aliphatic rings. The van der Waals surface area contributed by atoms with E-state index < -0.39 is 16.7 Å². The molecule has 0 unspecified atom stereocenters. The lowest BCUT2D eigenvalue weighted by molar-refractivity contribution is -0.384. The van der Waals surface area contributed by atoms with Crippen LogP contribution in [-0.4, -0.2) is 22.4 Å². The van der Waals surface area contributed by atoms with Gasteiger partial charge in [0.25, 0.3) is 5.69 Å². The van der Waals surface area contributed by atoms with Gasteiger partial charge in [0.15, 0.2) is 0 Å². The summed E-state index contributed by atoms with van der Waals surface area (Å²) in [6.45, 7) is 0. The number of hydrogen-bond donors (Lipinski definition) is 2. The van der Waals surface area contributed by atoms with Crippen LogP contribution in [0.5, 0.6) is 0 Å². The molecule has 0 radical (unpaired) electrons. The van der Waals surface area contributed by atoms with Gasteiger partial charge < -0.3 is 5.32 Å². The number of nitro groups is 1.